The molecule has 0 fully saturated rings. The van der Waals surface area contributed by atoms with Gasteiger partial charge in [-0.2, -0.15) is 0 Å². The van der Waals surface area contributed by atoms with Crippen molar-refractivity contribution >= 4 is 12.6 Å². The van der Waals surface area contributed by atoms with Gasteiger partial charge in [-0.3, -0.25) is 0 Å². The standard InChI is InChI=1S/C12H19BO2/c1-12(2,3)9-8-10-4-6-11(7-5-10)13(14)15/h4-7,14-15H,8-9H2,1-3H3. The van der Waals surface area contributed by atoms with E-state index < -0.39 is 7.12 Å². The van der Waals surface area contributed by atoms with Crippen molar-refractivity contribution in [2.45, 2.75) is 33.6 Å². The number of hydrogen-bond donors (Lipinski definition) is 2. The molecule has 0 aliphatic carbocycles. The summed E-state index contributed by atoms with van der Waals surface area (Å²) in [6.45, 7) is 6.66. The Labute approximate surface area is 92.1 Å². The summed E-state index contributed by atoms with van der Waals surface area (Å²) in [6.07, 6.45) is 2.17. The molecule has 3 heteroatoms. The Morgan fingerprint density at radius 3 is 2.00 bits per heavy atom. The summed E-state index contributed by atoms with van der Waals surface area (Å²) in [5.41, 5.74) is 2.14. The van der Waals surface area contributed by atoms with Crippen molar-refractivity contribution in [3.63, 3.8) is 0 Å². The summed E-state index contributed by atoms with van der Waals surface area (Å²) < 4.78 is 0. The third-order valence-electron chi connectivity index (χ3n) is 2.44. The van der Waals surface area contributed by atoms with Crippen LogP contribution in [0.1, 0.15) is 32.8 Å². The highest BCUT2D eigenvalue weighted by atomic mass is 16.4. The van der Waals surface area contributed by atoms with Gasteiger partial charge in [0.2, 0.25) is 0 Å². The van der Waals surface area contributed by atoms with E-state index in [-0.39, 0.29) is 0 Å². The normalized spacial score (nSPS) is 11.5. The molecule has 0 spiro atoms. The smallest absolute Gasteiger partial charge is 0.423 e. The van der Waals surface area contributed by atoms with Crippen LogP contribution in [0.3, 0.4) is 0 Å². The second-order valence-corrected chi connectivity index (χ2v) is 5.18. The Hall–Kier alpha value is -0.795. The van der Waals surface area contributed by atoms with Crippen LogP contribution in [0.25, 0.3) is 0 Å². The summed E-state index contributed by atoms with van der Waals surface area (Å²) >= 11 is 0. The molecule has 2 nitrogen and oxygen atoms in total. The van der Waals surface area contributed by atoms with Gasteiger partial charge in [0.15, 0.2) is 0 Å². The van der Waals surface area contributed by atoms with Gasteiger partial charge in [0.05, 0.1) is 0 Å². The molecule has 0 unspecified atom stereocenters. The minimum Gasteiger partial charge on any atom is -0.423 e. The average Bonchev–Trinajstić information content (AvgIpc) is 2.14. The van der Waals surface area contributed by atoms with Gasteiger partial charge in [0.1, 0.15) is 0 Å². The van der Waals surface area contributed by atoms with Gasteiger partial charge in [0.25, 0.3) is 0 Å². The molecule has 1 aromatic rings. The molecule has 1 rings (SSSR count). The Kier molecular flexibility index (Phi) is 3.94. The Morgan fingerprint density at radius 1 is 1.07 bits per heavy atom. The minimum atomic E-state index is -1.36. The lowest BCUT2D eigenvalue weighted by Gasteiger charge is -2.17. The lowest BCUT2D eigenvalue weighted by molar-refractivity contribution is 0.378. The molecular formula is C12H19BO2. The zero-order valence-corrected chi connectivity index (χ0v) is 9.70. The quantitative estimate of drug-likeness (QED) is 0.732. The molecule has 0 amide bonds. The highest BCUT2D eigenvalue weighted by Crippen LogP contribution is 2.20. The molecule has 0 aliphatic heterocycles. The van der Waals surface area contributed by atoms with Crippen molar-refractivity contribution in [2.75, 3.05) is 0 Å². The van der Waals surface area contributed by atoms with Crippen molar-refractivity contribution in [1.29, 1.82) is 0 Å². The van der Waals surface area contributed by atoms with Crippen LogP contribution in [-0.4, -0.2) is 17.2 Å². The predicted molar refractivity (Wildman–Crippen MR) is 64.0 cm³/mol. The van der Waals surface area contributed by atoms with E-state index in [0.717, 1.165) is 12.8 Å². The highest BCUT2D eigenvalue weighted by molar-refractivity contribution is 6.58. The lowest BCUT2D eigenvalue weighted by Crippen LogP contribution is -2.29. The van der Waals surface area contributed by atoms with E-state index in [1.54, 1.807) is 12.1 Å². The number of benzene rings is 1. The van der Waals surface area contributed by atoms with Crippen LogP contribution in [0, 0.1) is 5.41 Å². The molecule has 15 heavy (non-hydrogen) atoms. The summed E-state index contributed by atoms with van der Waals surface area (Å²) in [5.74, 6) is 0. The topological polar surface area (TPSA) is 40.5 Å². The van der Waals surface area contributed by atoms with E-state index in [1.807, 2.05) is 12.1 Å². The van der Waals surface area contributed by atoms with Crippen molar-refractivity contribution in [1.82, 2.24) is 0 Å². The Morgan fingerprint density at radius 2 is 1.60 bits per heavy atom. The molecular weight excluding hydrogens is 187 g/mol. The molecule has 2 N–H and O–H groups in total. The van der Waals surface area contributed by atoms with Crippen molar-refractivity contribution in [3.8, 4) is 0 Å². The second kappa shape index (κ2) is 4.82. The number of hydrogen-bond acceptors (Lipinski definition) is 2. The fraction of sp³-hybridized carbons (Fsp3) is 0.500. The summed E-state index contributed by atoms with van der Waals surface area (Å²) in [4.78, 5) is 0. The van der Waals surface area contributed by atoms with Crippen LogP contribution in [0.5, 0.6) is 0 Å². The van der Waals surface area contributed by atoms with Crippen LogP contribution in [0.4, 0.5) is 0 Å². The minimum absolute atomic E-state index is 0.342. The molecule has 0 saturated heterocycles. The van der Waals surface area contributed by atoms with Gasteiger partial charge in [-0.05, 0) is 29.3 Å². The molecule has 1 aromatic carbocycles. The molecule has 0 atom stereocenters. The number of rotatable bonds is 3. The first kappa shape index (κ1) is 12.3. The van der Waals surface area contributed by atoms with Gasteiger partial charge in [-0.1, -0.05) is 45.0 Å². The van der Waals surface area contributed by atoms with Gasteiger partial charge < -0.3 is 10.0 Å². The summed E-state index contributed by atoms with van der Waals surface area (Å²) in [7, 11) is -1.36. The zero-order chi connectivity index (χ0) is 11.5. The first-order chi connectivity index (χ1) is 6.88. The maximum Gasteiger partial charge on any atom is 0.488 e. The van der Waals surface area contributed by atoms with Gasteiger partial charge in [-0.25, -0.2) is 0 Å². The monoisotopic (exact) mass is 206 g/mol. The predicted octanol–water partition coefficient (Wildman–Crippen LogP) is 1.35. The molecule has 0 radical (unpaired) electrons. The Balaban J connectivity index is 2.57. The molecule has 0 bridgehead atoms. The van der Waals surface area contributed by atoms with Crippen molar-refractivity contribution in [2.24, 2.45) is 5.41 Å². The first-order valence-corrected chi connectivity index (χ1v) is 5.33. The van der Waals surface area contributed by atoms with Crippen LogP contribution in [0.2, 0.25) is 0 Å². The van der Waals surface area contributed by atoms with Crippen LogP contribution < -0.4 is 5.46 Å². The highest BCUT2D eigenvalue weighted by Gasteiger charge is 2.12. The Bertz CT molecular complexity index is 298. The van der Waals surface area contributed by atoms with Crippen LogP contribution in [-0.2, 0) is 6.42 Å². The molecule has 0 aromatic heterocycles. The molecule has 0 aliphatic rings. The van der Waals surface area contributed by atoms with E-state index in [4.69, 9.17) is 10.0 Å². The maximum atomic E-state index is 8.93. The van der Waals surface area contributed by atoms with E-state index >= 15 is 0 Å². The van der Waals surface area contributed by atoms with E-state index in [2.05, 4.69) is 20.8 Å². The largest absolute Gasteiger partial charge is 0.488 e. The van der Waals surface area contributed by atoms with Crippen molar-refractivity contribution < 1.29 is 10.0 Å². The summed E-state index contributed by atoms with van der Waals surface area (Å²) in [6, 6.07) is 7.45. The second-order valence-electron chi connectivity index (χ2n) is 5.18. The fourth-order valence-corrected chi connectivity index (χ4v) is 1.38. The SMILES string of the molecule is CC(C)(C)CCc1ccc(B(O)O)cc1. The lowest BCUT2D eigenvalue weighted by atomic mass is 9.79. The molecule has 0 heterocycles. The van der Waals surface area contributed by atoms with Crippen LogP contribution in [0.15, 0.2) is 24.3 Å². The van der Waals surface area contributed by atoms with E-state index in [1.165, 1.54) is 5.56 Å². The fourth-order valence-electron chi connectivity index (χ4n) is 1.38. The van der Waals surface area contributed by atoms with Crippen molar-refractivity contribution in [3.05, 3.63) is 29.8 Å². The zero-order valence-electron chi connectivity index (χ0n) is 9.70. The van der Waals surface area contributed by atoms with Crippen LogP contribution >= 0.6 is 0 Å². The van der Waals surface area contributed by atoms with Gasteiger partial charge in [-0.15, -0.1) is 0 Å². The van der Waals surface area contributed by atoms with E-state index in [0.29, 0.717) is 10.9 Å². The molecule has 0 saturated carbocycles. The third kappa shape index (κ3) is 4.49. The molecule has 82 valence electrons. The van der Waals surface area contributed by atoms with Gasteiger partial charge >= 0.3 is 7.12 Å². The first-order valence-electron chi connectivity index (χ1n) is 5.33. The summed E-state index contributed by atoms with van der Waals surface area (Å²) in [5, 5.41) is 17.9. The number of aryl methyl sites for hydroxylation is 1. The third-order valence-corrected chi connectivity index (χ3v) is 2.44. The average molecular weight is 206 g/mol. The maximum absolute atomic E-state index is 8.93. The van der Waals surface area contributed by atoms with Gasteiger partial charge in [0, 0.05) is 0 Å². The van der Waals surface area contributed by atoms with E-state index in [9.17, 15) is 0 Å².